The number of aliphatic hydroxyl groups excluding tert-OH is 1. The number of aliphatic hydroxyl groups is 1. The van der Waals surface area contributed by atoms with Crippen LogP contribution in [0.15, 0.2) is 24.3 Å². The average molecular weight is 286 g/mol. The van der Waals surface area contributed by atoms with Crippen molar-refractivity contribution >= 4 is 16.8 Å². The molecule has 1 aromatic carbocycles. The van der Waals surface area contributed by atoms with Crippen LogP contribution in [-0.2, 0) is 0 Å². The predicted molar refractivity (Wildman–Crippen MR) is 67.4 cm³/mol. The zero-order valence-electron chi connectivity index (χ0n) is 10.6. The molecular weight excluding hydrogens is 273 g/mol. The molecule has 0 saturated heterocycles. The number of carbonyl (C=O) groups is 1. The van der Waals surface area contributed by atoms with Gasteiger partial charge in [-0.3, -0.25) is 4.79 Å². The summed E-state index contributed by atoms with van der Waals surface area (Å²) in [7, 11) is 0. The molecule has 1 amide bonds. The van der Waals surface area contributed by atoms with Gasteiger partial charge in [-0.25, -0.2) is 0 Å². The second kappa shape index (κ2) is 5.16. The van der Waals surface area contributed by atoms with Crippen molar-refractivity contribution in [2.75, 3.05) is 6.54 Å². The van der Waals surface area contributed by atoms with Crippen molar-refractivity contribution in [1.82, 2.24) is 10.3 Å². The Kier molecular flexibility index (Phi) is 3.71. The van der Waals surface area contributed by atoms with Gasteiger partial charge in [0.1, 0.15) is 5.69 Å². The van der Waals surface area contributed by atoms with Crippen LogP contribution in [0.4, 0.5) is 13.2 Å². The van der Waals surface area contributed by atoms with Crippen LogP contribution in [0.3, 0.4) is 0 Å². The summed E-state index contributed by atoms with van der Waals surface area (Å²) >= 11 is 0. The summed E-state index contributed by atoms with van der Waals surface area (Å²) in [6.45, 7) is 0.977. The Balaban J connectivity index is 2.10. The monoisotopic (exact) mass is 286 g/mol. The van der Waals surface area contributed by atoms with E-state index in [2.05, 4.69) is 4.98 Å². The molecule has 0 saturated carbocycles. The van der Waals surface area contributed by atoms with E-state index in [1.807, 2.05) is 24.4 Å². The van der Waals surface area contributed by atoms with Gasteiger partial charge >= 0.3 is 6.18 Å². The van der Waals surface area contributed by atoms with Crippen molar-refractivity contribution in [1.29, 1.82) is 0 Å². The molecule has 0 spiro atoms. The lowest BCUT2D eigenvalue weighted by molar-refractivity contribution is -0.201. The molecule has 1 aromatic heterocycles. The molecule has 0 bridgehead atoms. The quantitative estimate of drug-likeness (QED) is 0.809. The molecule has 0 fully saturated rings. The van der Waals surface area contributed by atoms with Crippen molar-refractivity contribution in [3.8, 4) is 0 Å². The van der Waals surface area contributed by atoms with Crippen LogP contribution in [0.2, 0.25) is 0 Å². The second-order valence-electron chi connectivity index (χ2n) is 4.49. The van der Waals surface area contributed by atoms with Crippen molar-refractivity contribution < 1.29 is 23.1 Å². The van der Waals surface area contributed by atoms with E-state index in [9.17, 15) is 18.0 Å². The molecule has 4 nitrogen and oxygen atoms in total. The minimum Gasteiger partial charge on any atom is -0.382 e. The number of nitrogens with one attached hydrogen (secondary N) is 2. The highest BCUT2D eigenvalue weighted by Crippen LogP contribution is 2.20. The van der Waals surface area contributed by atoms with Crippen molar-refractivity contribution in [3.63, 3.8) is 0 Å². The lowest BCUT2D eigenvalue weighted by Gasteiger charge is -2.14. The Labute approximate surface area is 112 Å². The van der Waals surface area contributed by atoms with Gasteiger partial charge in [0, 0.05) is 10.9 Å². The lowest BCUT2D eigenvalue weighted by atomic mass is 10.2. The van der Waals surface area contributed by atoms with Crippen LogP contribution in [0, 0.1) is 6.92 Å². The fourth-order valence-electron chi connectivity index (χ4n) is 1.83. The Morgan fingerprint density at radius 2 is 2.15 bits per heavy atom. The molecule has 0 radical (unpaired) electrons. The van der Waals surface area contributed by atoms with E-state index in [4.69, 9.17) is 5.11 Å². The smallest absolute Gasteiger partial charge is 0.382 e. The number of para-hydroxylation sites is 1. The third kappa shape index (κ3) is 2.93. The molecule has 1 unspecified atom stereocenters. The molecular formula is C13H13F3N2O2. The van der Waals surface area contributed by atoms with Gasteiger partial charge < -0.3 is 15.4 Å². The number of rotatable bonds is 3. The Morgan fingerprint density at radius 3 is 2.75 bits per heavy atom. The molecule has 0 aliphatic heterocycles. The first-order valence-electron chi connectivity index (χ1n) is 5.90. The van der Waals surface area contributed by atoms with Crippen LogP contribution >= 0.6 is 0 Å². The molecule has 3 N–H and O–H groups in total. The number of halogens is 3. The van der Waals surface area contributed by atoms with Crippen molar-refractivity contribution in [2.45, 2.75) is 19.2 Å². The maximum absolute atomic E-state index is 12.1. The van der Waals surface area contributed by atoms with E-state index < -0.39 is 24.7 Å². The maximum Gasteiger partial charge on any atom is 0.416 e. The Hall–Kier alpha value is -2.02. The first-order valence-corrected chi connectivity index (χ1v) is 5.90. The van der Waals surface area contributed by atoms with Gasteiger partial charge in [-0.15, -0.1) is 0 Å². The standard InChI is InChI=1S/C13H13F3N2O2/c1-7-3-2-4-8-5-9(18-11(7)8)12(20)17-6-10(19)13(14,15)16/h2-5,10,18-19H,6H2,1H3,(H,17,20). The lowest BCUT2D eigenvalue weighted by Crippen LogP contribution is -2.40. The van der Waals surface area contributed by atoms with Crippen molar-refractivity contribution in [3.05, 3.63) is 35.5 Å². The van der Waals surface area contributed by atoms with Gasteiger partial charge in [0.05, 0.1) is 6.54 Å². The molecule has 1 atom stereocenters. The number of hydrogen-bond donors (Lipinski definition) is 3. The molecule has 0 aliphatic rings. The predicted octanol–water partition coefficient (Wildman–Crippen LogP) is 2.13. The number of aryl methyl sites for hydroxylation is 1. The first kappa shape index (κ1) is 14.4. The summed E-state index contributed by atoms with van der Waals surface area (Å²) in [6.07, 6.45) is -7.32. The molecule has 1 heterocycles. The van der Waals surface area contributed by atoms with Crippen molar-refractivity contribution in [2.24, 2.45) is 0 Å². The summed E-state index contributed by atoms with van der Waals surface area (Å²) in [4.78, 5) is 14.6. The molecule has 7 heteroatoms. The van der Waals surface area contributed by atoms with Gasteiger partial charge in [0.15, 0.2) is 6.10 Å². The normalized spacial score (nSPS) is 13.4. The highest BCUT2D eigenvalue weighted by atomic mass is 19.4. The Morgan fingerprint density at radius 1 is 1.45 bits per heavy atom. The topological polar surface area (TPSA) is 65.1 Å². The zero-order chi connectivity index (χ0) is 14.9. The number of carbonyl (C=O) groups excluding carboxylic acids is 1. The number of aromatic nitrogens is 1. The summed E-state index contributed by atoms with van der Waals surface area (Å²) in [5, 5.41) is 11.7. The number of fused-ring (bicyclic) bond motifs is 1. The fraction of sp³-hybridized carbons (Fsp3) is 0.308. The summed E-state index contributed by atoms with van der Waals surface area (Å²) in [5.41, 5.74) is 1.84. The van der Waals surface area contributed by atoms with Crippen LogP contribution in [-0.4, -0.2) is 34.8 Å². The number of H-pyrrole nitrogens is 1. The van der Waals surface area contributed by atoms with E-state index in [1.54, 1.807) is 12.1 Å². The van der Waals surface area contributed by atoms with Crippen LogP contribution in [0.1, 0.15) is 16.1 Å². The van der Waals surface area contributed by atoms with Crippen LogP contribution in [0.5, 0.6) is 0 Å². The number of aromatic amines is 1. The Bertz CT molecular complexity index is 634. The minimum atomic E-state index is -4.75. The van der Waals surface area contributed by atoms with E-state index in [0.717, 1.165) is 16.5 Å². The van der Waals surface area contributed by atoms with Gasteiger partial charge in [-0.2, -0.15) is 13.2 Å². The van der Waals surface area contributed by atoms with Gasteiger partial charge in [0.2, 0.25) is 0 Å². The van der Waals surface area contributed by atoms with Gasteiger partial charge in [-0.05, 0) is 18.6 Å². The molecule has 2 aromatic rings. The van der Waals surface area contributed by atoms with E-state index in [-0.39, 0.29) is 5.69 Å². The van der Waals surface area contributed by atoms with E-state index in [1.165, 1.54) is 0 Å². The van der Waals surface area contributed by atoms with E-state index in [0.29, 0.717) is 0 Å². The summed E-state index contributed by atoms with van der Waals surface area (Å²) in [5.74, 6) is -0.691. The number of benzene rings is 1. The number of hydrogen-bond acceptors (Lipinski definition) is 2. The summed E-state index contributed by atoms with van der Waals surface area (Å²) < 4.78 is 36.3. The molecule has 20 heavy (non-hydrogen) atoms. The third-order valence-electron chi connectivity index (χ3n) is 2.94. The van der Waals surface area contributed by atoms with Gasteiger partial charge in [-0.1, -0.05) is 18.2 Å². The maximum atomic E-state index is 12.1. The van der Waals surface area contributed by atoms with Gasteiger partial charge in [0.25, 0.3) is 5.91 Å². The molecule has 108 valence electrons. The number of alkyl halides is 3. The average Bonchev–Trinajstić information content (AvgIpc) is 2.79. The zero-order valence-corrected chi connectivity index (χ0v) is 10.6. The fourth-order valence-corrected chi connectivity index (χ4v) is 1.83. The highest BCUT2D eigenvalue weighted by molar-refractivity contribution is 5.98. The highest BCUT2D eigenvalue weighted by Gasteiger charge is 2.38. The first-order chi connectivity index (χ1) is 9.29. The molecule has 0 aliphatic carbocycles. The third-order valence-corrected chi connectivity index (χ3v) is 2.94. The largest absolute Gasteiger partial charge is 0.416 e. The minimum absolute atomic E-state index is 0.156. The van der Waals surface area contributed by atoms with Crippen LogP contribution in [0.25, 0.3) is 10.9 Å². The van der Waals surface area contributed by atoms with E-state index >= 15 is 0 Å². The SMILES string of the molecule is Cc1cccc2cc(C(=O)NCC(O)C(F)(F)F)[nH]c12. The second-order valence-corrected chi connectivity index (χ2v) is 4.49. The molecule has 2 rings (SSSR count). The summed E-state index contributed by atoms with van der Waals surface area (Å²) in [6, 6.07) is 7.02. The number of amides is 1. The van der Waals surface area contributed by atoms with Crippen LogP contribution < -0.4 is 5.32 Å².